The van der Waals surface area contributed by atoms with Gasteiger partial charge in [0.1, 0.15) is 0 Å². The number of aryl methyl sites for hydroxylation is 1. The molecule has 1 heterocycles. The van der Waals surface area contributed by atoms with Crippen molar-refractivity contribution < 1.29 is 19.0 Å². The van der Waals surface area contributed by atoms with Gasteiger partial charge < -0.3 is 19.5 Å². The van der Waals surface area contributed by atoms with Gasteiger partial charge in [0.25, 0.3) is 5.91 Å². The number of nitrogens with zero attached hydrogens (tertiary/aromatic N) is 1. The van der Waals surface area contributed by atoms with Gasteiger partial charge in [-0.3, -0.25) is 4.79 Å². The van der Waals surface area contributed by atoms with E-state index in [2.05, 4.69) is 10.3 Å². The minimum Gasteiger partial charge on any atom is -0.493 e. The van der Waals surface area contributed by atoms with Gasteiger partial charge >= 0.3 is 0 Å². The van der Waals surface area contributed by atoms with Crippen LogP contribution in [0, 0.1) is 6.92 Å². The maximum Gasteiger partial charge on any atom is 0.257 e. The molecule has 0 saturated carbocycles. The van der Waals surface area contributed by atoms with Crippen LogP contribution in [0.5, 0.6) is 17.4 Å². The Hall–Kier alpha value is -2.76. The van der Waals surface area contributed by atoms with Crippen LogP contribution in [0.25, 0.3) is 0 Å². The smallest absolute Gasteiger partial charge is 0.257 e. The number of pyridine rings is 1. The lowest BCUT2D eigenvalue weighted by Crippen LogP contribution is -2.13. The Morgan fingerprint density at radius 2 is 1.73 bits per heavy atom. The first-order chi connectivity index (χ1) is 10.6. The van der Waals surface area contributed by atoms with E-state index < -0.39 is 0 Å². The van der Waals surface area contributed by atoms with Crippen molar-refractivity contribution in [3.8, 4) is 17.4 Å². The predicted molar refractivity (Wildman–Crippen MR) is 83.0 cm³/mol. The lowest BCUT2D eigenvalue weighted by atomic mass is 10.1. The Kier molecular flexibility index (Phi) is 4.83. The van der Waals surface area contributed by atoms with E-state index >= 15 is 0 Å². The molecular weight excluding hydrogens is 284 g/mol. The van der Waals surface area contributed by atoms with Gasteiger partial charge in [0.15, 0.2) is 11.5 Å². The summed E-state index contributed by atoms with van der Waals surface area (Å²) in [7, 11) is 4.64. The molecule has 6 nitrogen and oxygen atoms in total. The quantitative estimate of drug-likeness (QED) is 0.919. The second kappa shape index (κ2) is 6.80. The summed E-state index contributed by atoms with van der Waals surface area (Å²) < 4.78 is 15.4. The van der Waals surface area contributed by atoms with E-state index in [4.69, 9.17) is 14.2 Å². The molecule has 6 heteroatoms. The minimum absolute atomic E-state index is 0.259. The van der Waals surface area contributed by atoms with Gasteiger partial charge in [-0.2, -0.15) is 0 Å². The Morgan fingerprint density at radius 1 is 1.05 bits per heavy atom. The number of methoxy groups -OCH3 is 3. The summed E-state index contributed by atoms with van der Waals surface area (Å²) in [6.45, 7) is 1.88. The van der Waals surface area contributed by atoms with Crippen molar-refractivity contribution in [2.24, 2.45) is 0 Å². The van der Waals surface area contributed by atoms with Gasteiger partial charge in [0, 0.05) is 24.0 Å². The summed E-state index contributed by atoms with van der Waals surface area (Å²) in [6, 6.07) is 6.82. The SMILES string of the molecule is COc1ccc(C(=O)Nc2cc(OC)c(OC)cc2C)cn1. The maximum atomic E-state index is 12.3. The summed E-state index contributed by atoms with van der Waals surface area (Å²) in [6.07, 6.45) is 1.46. The fourth-order valence-electron chi connectivity index (χ4n) is 1.95. The lowest BCUT2D eigenvalue weighted by Gasteiger charge is -2.13. The van der Waals surface area contributed by atoms with Crippen molar-refractivity contribution in [3.63, 3.8) is 0 Å². The number of hydrogen-bond acceptors (Lipinski definition) is 5. The molecule has 0 unspecified atom stereocenters. The number of anilines is 1. The van der Waals surface area contributed by atoms with Gasteiger partial charge in [0.05, 0.1) is 26.9 Å². The van der Waals surface area contributed by atoms with Gasteiger partial charge in [-0.15, -0.1) is 0 Å². The fourth-order valence-corrected chi connectivity index (χ4v) is 1.95. The molecule has 0 fully saturated rings. The van der Waals surface area contributed by atoms with Crippen molar-refractivity contribution in [1.29, 1.82) is 0 Å². The highest BCUT2D eigenvalue weighted by molar-refractivity contribution is 6.04. The first-order valence-electron chi connectivity index (χ1n) is 6.63. The second-order valence-corrected chi connectivity index (χ2v) is 4.57. The van der Waals surface area contributed by atoms with Gasteiger partial charge in [-0.05, 0) is 24.6 Å². The number of benzene rings is 1. The summed E-state index contributed by atoms with van der Waals surface area (Å²) in [4.78, 5) is 16.3. The molecule has 0 atom stereocenters. The van der Waals surface area contributed by atoms with Crippen molar-refractivity contribution in [2.45, 2.75) is 6.92 Å². The molecular formula is C16H18N2O4. The average molecular weight is 302 g/mol. The third-order valence-corrected chi connectivity index (χ3v) is 3.19. The average Bonchev–Trinajstić information content (AvgIpc) is 2.56. The van der Waals surface area contributed by atoms with Crippen molar-refractivity contribution in [2.75, 3.05) is 26.6 Å². The van der Waals surface area contributed by atoms with E-state index in [0.29, 0.717) is 28.6 Å². The zero-order valence-electron chi connectivity index (χ0n) is 13.0. The zero-order chi connectivity index (χ0) is 16.1. The van der Waals surface area contributed by atoms with E-state index in [-0.39, 0.29) is 5.91 Å². The highest BCUT2D eigenvalue weighted by Crippen LogP contribution is 2.33. The summed E-state index contributed by atoms with van der Waals surface area (Å²) in [5.74, 6) is 1.37. The fraction of sp³-hybridized carbons (Fsp3) is 0.250. The Balaban J connectivity index is 2.23. The lowest BCUT2D eigenvalue weighted by molar-refractivity contribution is 0.102. The molecule has 2 aromatic rings. The number of carbonyl (C=O) groups is 1. The number of aromatic nitrogens is 1. The summed E-state index contributed by atoms with van der Waals surface area (Å²) >= 11 is 0. The highest BCUT2D eigenvalue weighted by Gasteiger charge is 2.12. The molecule has 1 N–H and O–H groups in total. The summed E-state index contributed by atoms with van der Waals surface area (Å²) in [5, 5.41) is 2.83. The first kappa shape index (κ1) is 15.6. The van der Waals surface area contributed by atoms with Crippen LogP contribution in [0.15, 0.2) is 30.5 Å². The van der Waals surface area contributed by atoms with E-state index in [1.807, 2.05) is 6.92 Å². The number of rotatable bonds is 5. The van der Waals surface area contributed by atoms with Crippen LogP contribution in [0.2, 0.25) is 0 Å². The molecule has 1 aromatic carbocycles. The standard InChI is InChI=1S/C16H18N2O4/c1-10-7-13(20-2)14(21-3)8-12(10)18-16(19)11-5-6-15(22-4)17-9-11/h5-9H,1-4H3,(H,18,19). The largest absolute Gasteiger partial charge is 0.493 e. The normalized spacial score (nSPS) is 10.0. The molecule has 0 aliphatic carbocycles. The number of amides is 1. The number of carbonyl (C=O) groups excluding carboxylic acids is 1. The monoisotopic (exact) mass is 302 g/mol. The topological polar surface area (TPSA) is 69.7 Å². The number of nitrogens with one attached hydrogen (secondary N) is 1. The van der Waals surface area contributed by atoms with Crippen molar-refractivity contribution in [1.82, 2.24) is 4.98 Å². The van der Waals surface area contributed by atoms with Gasteiger partial charge in [-0.1, -0.05) is 0 Å². The molecule has 1 aromatic heterocycles. The van der Waals surface area contributed by atoms with Gasteiger partial charge in [-0.25, -0.2) is 4.98 Å². The molecule has 0 saturated heterocycles. The van der Waals surface area contributed by atoms with E-state index in [0.717, 1.165) is 5.56 Å². The minimum atomic E-state index is -0.259. The second-order valence-electron chi connectivity index (χ2n) is 4.57. The van der Waals surface area contributed by atoms with Crippen LogP contribution in [0.1, 0.15) is 15.9 Å². The first-order valence-corrected chi connectivity index (χ1v) is 6.63. The van der Waals surface area contributed by atoms with Crippen LogP contribution in [-0.4, -0.2) is 32.2 Å². The molecule has 22 heavy (non-hydrogen) atoms. The zero-order valence-corrected chi connectivity index (χ0v) is 13.0. The predicted octanol–water partition coefficient (Wildman–Crippen LogP) is 2.67. The maximum absolute atomic E-state index is 12.3. The van der Waals surface area contributed by atoms with E-state index in [9.17, 15) is 4.79 Å². The highest BCUT2D eigenvalue weighted by atomic mass is 16.5. The molecule has 0 aliphatic heterocycles. The molecule has 0 radical (unpaired) electrons. The molecule has 0 aliphatic rings. The van der Waals surface area contributed by atoms with E-state index in [1.54, 1.807) is 38.5 Å². The third-order valence-electron chi connectivity index (χ3n) is 3.19. The van der Waals surface area contributed by atoms with Crippen LogP contribution in [-0.2, 0) is 0 Å². The Labute approximate surface area is 129 Å². The van der Waals surface area contributed by atoms with E-state index in [1.165, 1.54) is 13.3 Å². The third kappa shape index (κ3) is 3.28. The Bertz CT molecular complexity index is 669. The molecule has 2 rings (SSSR count). The van der Waals surface area contributed by atoms with Crippen molar-refractivity contribution >= 4 is 11.6 Å². The number of hydrogen-bond donors (Lipinski definition) is 1. The Morgan fingerprint density at radius 3 is 2.27 bits per heavy atom. The molecule has 0 spiro atoms. The van der Waals surface area contributed by atoms with Crippen LogP contribution < -0.4 is 19.5 Å². The molecule has 1 amide bonds. The summed E-state index contributed by atoms with van der Waals surface area (Å²) in [5.41, 5.74) is 1.96. The van der Waals surface area contributed by atoms with Crippen LogP contribution >= 0.6 is 0 Å². The van der Waals surface area contributed by atoms with Gasteiger partial charge in [0.2, 0.25) is 5.88 Å². The van der Waals surface area contributed by atoms with Crippen LogP contribution in [0.3, 0.4) is 0 Å². The number of ether oxygens (including phenoxy) is 3. The van der Waals surface area contributed by atoms with Crippen LogP contribution in [0.4, 0.5) is 5.69 Å². The molecule has 0 bridgehead atoms. The van der Waals surface area contributed by atoms with Crippen molar-refractivity contribution in [3.05, 3.63) is 41.6 Å². The molecule has 116 valence electrons.